The summed E-state index contributed by atoms with van der Waals surface area (Å²) < 4.78 is 5.41. The van der Waals surface area contributed by atoms with Gasteiger partial charge in [-0.25, -0.2) is 0 Å². The molecule has 1 atom stereocenters. The third-order valence-electron chi connectivity index (χ3n) is 3.90. The van der Waals surface area contributed by atoms with E-state index in [1.807, 2.05) is 0 Å². The fourth-order valence-corrected chi connectivity index (χ4v) is 2.65. The molecule has 0 amide bonds. The second-order valence-electron chi connectivity index (χ2n) is 5.66. The number of phenols is 4. The first-order valence-electron chi connectivity index (χ1n) is 6.91. The lowest BCUT2D eigenvalue weighted by Gasteiger charge is -2.30. The molecule has 0 saturated carbocycles. The van der Waals surface area contributed by atoms with Gasteiger partial charge in [0, 0.05) is 12.0 Å². The van der Waals surface area contributed by atoms with Crippen molar-refractivity contribution in [1.82, 2.24) is 0 Å². The molecule has 0 radical (unpaired) electrons. The normalized spacial score (nSPS) is 19.9. The minimum Gasteiger partial charge on any atom is -0.504 e. The van der Waals surface area contributed by atoms with Gasteiger partial charge in [-0.1, -0.05) is 0 Å². The van der Waals surface area contributed by atoms with Crippen LogP contribution in [0.3, 0.4) is 0 Å². The van der Waals surface area contributed by atoms with Crippen molar-refractivity contribution in [3.8, 4) is 39.9 Å². The van der Waals surface area contributed by atoms with Crippen LogP contribution in [0.4, 0.5) is 0 Å². The van der Waals surface area contributed by atoms with Crippen molar-refractivity contribution in [3.05, 3.63) is 29.8 Å². The van der Waals surface area contributed by atoms with Gasteiger partial charge in [-0.2, -0.15) is 0 Å². The lowest BCUT2D eigenvalue weighted by Crippen LogP contribution is -2.43. The molecule has 3 rings (SSSR count). The van der Waals surface area contributed by atoms with E-state index in [-0.39, 0.29) is 30.3 Å². The molecule has 0 spiro atoms. The molecule has 7 nitrogen and oxygen atoms in total. The summed E-state index contributed by atoms with van der Waals surface area (Å²) in [5, 5.41) is 59.0. The van der Waals surface area contributed by atoms with Gasteiger partial charge in [0.1, 0.15) is 12.2 Å². The van der Waals surface area contributed by atoms with E-state index in [4.69, 9.17) is 4.74 Å². The Bertz CT molecular complexity index is 772. The summed E-state index contributed by atoms with van der Waals surface area (Å²) in [6.07, 6.45) is -0.0340. The Morgan fingerprint density at radius 3 is 2.35 bits per heavy atom. The van der Waals surface area contributed by atoms with E-state index < -0.39 is 23.7 Å². The smallest absolute Gasteiger partial charge is 0.201 e. The highest BCUT2D eigenvalue weighted by Gasteiger charge is 2.33. The first kappa shape index (κ1) is 15.3. The molecule has 6 N–H and O–H groups in total. The van der Waals surface area contributed by atoms with E-state index in [0.29, 0.717) is 16.7 Å². The summed E-state index contributed by atoms with van der Waals surface area (Å²) in [4.78, 5) is 0. The molecule has 1 aliphatic rings. The number of aromatic hydroxyl groups is 4. The summed E-state index contributed by atoms with van der Waals surface area (Å²) in [6.45, 7) is -0.933. The molecule has 23 heavy (non-hydrogen) atoms. The molecule has 0 aromatic heterocycles. The Kier molecular flexibility index (Phi) is 3.46. The van der Waals surface area contributed by atoms with Crippen molar-refractivity contribution in [2.45, 2.75) is 12.0 Å². The zero-order valence-electron chi connectivity index (χ0n) is 12.0. The van der Waals surface area contributed by atoms with E-state index >= 15 is 0 Å². The van der Waals surface area contributed by atoms with Crippen molar-refractivity contribution in [2.24, 2.45) is 0 Å². The first-order valence-corrected chi connectivity index (χ1v) is 6.91. The van der Waals surface area contributed by atoms with E-state index in [2.05, 4.69) is 0 Å². The average Bonchev–Trinajstić information content (AvgIpc) is 2.51. The standard InChI is InChI=1S/C16H16O7/c17-6-16(22)5-8-3-12(19)13(20)4-10(8)9-1-2-11(18)14(21)15(9)23-7-16/h1-4,17-22H,5-7H2/t16-/m1/s1. The van der Waals surface area contributed by atoms with Gasteiger partial charge in [0.15, 0.2) is 23.0 Å². The minimum absolute atomic E-state index is 0.0340. The summed E-state index contributed by atoms with van der Waals surface area (Å²) >= 11 is 0. The van der Waals surface area contributed by atoms with Crippen LogP contribution in [-0.2, 0) is 6.42 Å². The summed E-state index contributed by atoms with van der Waals surface area (Å²) in [5.41, 5.74) is -0.414. The number of hydrogen-bond acceptors (Lipinski definition) is 7. The molecular formula is C16H16O7. The number of hydrogen-bond donors (Lipinski definition) is 6. The molecule has 1 aliphatic heterocycles. The van der Waals surface area contributed by atoms with Gasteiger partial charge in [0.2, 0.25) is 5.75 Å². The second kappa shape index (κ2) is 5.22. The Hall–Kier alpha value is -2.64. The Balaban J connectivity index is 2.30. The van der Waals surface area contributed by atoms with Crippen LogP contribution in [0, 0.1) is 0 Å². The van der Waals surface area contributed by atoms with Gasteiger partial charge in [0.05, 0.1) is 6.61 Å². The van der Waals surface area contributed by atoms with Crippen LogP contribution in [0.15, 0.2) is 24.3 Å². The van der Waals surface area contributed by atoms with E-state index in [9.17, 15) is 30.6 Å². The molecule has 0 unspecified atom stereocenters. The number of aliphatic hydroxyl groups excluding tert-OH is 1. The van der Waals surface area contributed by atoms with Gasteiger partial charge in [-0.05, 0) is 35.4 Å². The number of ether oxygens (including phenoxy) is 1. The SMILES string of the molecule is OC[C@@]1(O)COc2c(ccc(O)c2O)-c2cc(O)c(O)cc2C1. The molecule has 0 aliphatic carbocycles. The molecule has 2 aromatic carbocycles. The quantitative estimate of drug-likeness (QED) is 0.429. The van der Waals surface area contributed by atoms with Gasteiger partial charge in [-0.3, -0.25) is 0 Å². The van der Waals surface area contributed by atoms with Crippen molar-refractivity contribution in [2.75, 3.05) is 13.2 Å². The molecular weight excluding hydrogens is 304 g/mol. The Labute approximate surface area is 131 Å². The topological polar surface area (TPSA) is 131 Å². The maximum Gasteiger partial charge on any atom is 0.201 e. The fraction of sp³-hybridized carbons (Fsp3) is 0.250. The van der Waals surface area contributed by atoms with Crippen molar-refractivity contribution in [3.63, 3.8) is 0 Å². The molecule has 122 valence electrons. The van der Waals surface area contributed by atoms with E-state index in [1.165, 1.54) is 24.3 Å². The highest BCUT2D eigenvalue weighted by Crippen LogP contribution is 2.47. The molecule has 0 bridgehead atoms. The van der Waals surface area contributed by atoms with Gasteiger partial charge >= 0.3 is 0 Å². The van der Waals surface area contributed by atoms with Crippen LogP contribution >= 0.6 is 0 Å². The maximum atomic E-state index is 10.4. The number of rotatable bonds is 1. The maximum absolute atomic E-state index is 10.4. The molecule has 0 saturated heterocycles. The third kappa shape index (κ3) is 2.49. The van der Waals surface area contributed by atoms with Crippen LogP contribution in [0.5, 0.6) is 28.7 Å². The number of aliphatic hydroxyl groups is 2. The number of phenolic OH excluding ortho intramolecular Hbond substituents is 4. The van der Waals surface area contributed by atoms with Crippen LogP contribution in [0.25, 0.3) is 11.1 Å². The zero-order chi connectivity index (χ0) is 16.8. The Morgan fingerprint density at radius 1 is 0.957 bits per heavy atom. The molecule has 0 fully saturated rings. The van der Waals surface area contributed by atoms with Crippen LogP contribution in [0.1, 0.15) is 5.56 Å². The minimum atomic E-state index is -1.65. The largest absolute Gasteiger partial charge is 0.504 e. The number of fused-ring (bicyclic) bond motifs is 3. The monoisotopic (exact) mass is 320 g/mol. The fourth-order valence-electron chi connectivity index (χ4n) is 2.65. The van der Waals surface area contributed by atoms with Gasteiger partial charge in [0.25, 0.3) is 0 Å². The first-order chi connectivity index (χ1) is 10.8. The van der Waals surface area contributed by atoms with Gasteiger partial charge in [-0.15, -0.1) is 0 Å². The predicted molar refractivity (Wildman–Crippen MR) is 79.8 cm³/mol. The highest BCUT2D eigenvalue weighted by atomic mass is 16.5. The van der Waals surface area contributed by atoms with Crippen LogP contribution in [-0.4, -0.2) is 49.5 Å². The lowest BCUT2D eigenvalue weighted by atomic mass is 9.88. The summed E-state index contributed by atoms with van der Waals surface area (Å²) in [6, 6.07) is 5.31. The Morgan fingerprint density at radius 2 is 1.65 bits per heavy atom. The van der Waals surface area contributed by atoms with Gasteiger partial charge < -0.3 is 35.4 Å². The zero-order valence-corrected chi connectivity index (χ0v) is 12.0. The van der Waals surface area contributed by atoms with E-state index in [1.54, 1.807) is 0 Å². The van der Waals surface area contributed by atoms with Crippen LogP contribution < -0.4 is 4.74 Å². The summed E-state index contributed by atoms with van der Waals surface area (Å²) in [7, 11) is 0. The van der Waals surface area contributed by atoms with Crippen molar-refractivity contribution >= 4 is 0 Å². The van der Waals surface area contributed by atoms with Crippen LogP contribution in [0.2, 0.25) is 0 Å². The molecule has 2 aromatic rings. The third-order valence-corrected chi connectivity index (χ3v) is 3.90. The molecule has 7 heteroatoms. The summed E-state index contributed by atoms with van der Waals surface area (Å²) in [5.74, 6) is -1.74. The van der Waals surface area contributed by atoms with Crippen molar-refractivity contribution < 1.29 is 35.4 Å². The second-order valence-corrected chi connectivity index (χ2v) is 5.66. The predicted octanol–water partition coefficient (Wildman–Crippen LogP) is 0.834. The molecule has 1 heterocycles. The highest BCUT2D eigenvalue weighted by molar-refractivity contribution is 5.80. The number of benzene rings is 2. The lowest BCUT2D eigenvalue weighted by molar-refractivity contribution is -0.0476. The van der Waals surface area contributed by atoms with Crippen molar-refractivity contribution in [1.29, 1.82) is 0 Å². The van der Waals surface area contributed by atoms with E-state index in [0.717, 1.165) is 0 Å². The average molecular weight is 320 g/mol.